The van der Waals surface area contributed by atoms with Crippen LogP contribution in [0, 0.1) is 17.8 Å². The average molecular weight is 331 g/mol. The zero-order valence-corrected chi connectivity index (χ0v) is 12.2. The van der Waals surface area contributed by atoms with E-state index in [-0.39, 0.29) is 19.4 Å². The van der Waals surface area contributed by atoms with Crippen LogP contribution in [0.1, 0.15) is 19.8 Å². The summed E-state index contributed by atoms with van der Waals surface area (Å²) in [7, 11) is 0. The molecule has 1 aliphatic rings. The van der Waals surface area contributed by atoms with Gasteiger partial charge in [0.15, 0.2) is 11.8 Å². The molecule has 0 aromatic rings. The minimum atomic E-state index is -2.11. The number of amides is 1. The van der Waals surface area contributed by atoms with Gasteiger partial charge in [-0.05, 0) is 12.8 Å². The highest BCUT2D eigenvalue weighted by molar-refractivity contribution is 5.96. The van der Waals surface area contributed by atoms with Gasteiger partial charge in [-0.15, -0.1) is 0 Å². The van der Waals surface area contributed by atoms with Crippen LogP contribution in [-0.2, 0) is 24.0 Å². The van der Waals surface area contributed by atoms with Gasteiger partial charge in [-0.2, -0.15) is 0 Å². The van der Waals surface area contributed by atoms with Gasteiger partial charge in [0, 0.05) is 19.4 Å². The van der Waals surface area contributed by atoms with E-state index in [0.29, 0.717) is 0 Å². The van der Waals surface area contributed by atoms with Crippen molar-refractivity contribution in [2.45, 2.75) is 25.8 Å². The Hall–Kier alpha value is -2.65. The van der Waals surface area contributed by atoms with E-state index in [9.17, 15) is 24.0 Å². The molecule has 23 heavy (non-hydrogen) atoms. The third-order valence-corrected chi connectivity index (χ3v) is 3.97. The van der Waals surface area contributed by atoms with E-state index in [1.807, 2.05) is 0 Å². The van der Waals surface area contributed by atoms with Crippen LogP contribution in [0.3, 0.4) is 0 Å². The average Bonchev–Trinajstić information content (AvgIpc) is 2.38. The fourth-order valence-corrected chi connectivity index (χ4v) is 3.08. The maximum atomic E-state index is 11.7. The number of likely N-dealkylation sites (tertiary alicyclic amines) is 1. The SMILES string of the molecule is CC(=O)N1CCCC(C(C(=O)O)C(=O)O)C1C(C(=O)O)C(=O)O. The summed E-state index contributed by atoms with van der Waals surface area (Å²) >= 11 is 0. The summed E-state index contributed by atoms with van der Waals surface area (Å²) in [6.45, 7) is 1.13. The lowest BCUT2D eigenvalue weighted by molar-refractivity contribution is -0.171. The fraction of sp³-hybridized carbons (Fsp3) is 0.615. The highest BCUT2D eigenvalue weighted by Gasteiger charge is 2.51. The lowest BCUT2D eigenvalue weighted by atomic mass is 9.74. The van der Waals surface area contributed by atoms with Crippen LogP contribution < -0.4 is 0 Å². The zero-order valence-electron chi connectivity index (χ0n) is 12.2. The molecule has 1 fully saturated rings. The van der Waals surface area contributed by atoms with E-state index in [4.69, 9.17) is 20.4 Å². The number of hydrogen-bond donors (Lipinski definition) is 4. The third-order valence-electron chi connectivity index (χ3n) is 3.97. The summed E-state index contributed by atoms with van der Waals surface area (Å²) in [5, 5.41) is 36.6. The van der Waals surface area contributed by atoms with Gasteiger partial charge < -0.3 is 25.3 Å². The van der Waals surface area contributed by atoms with Crippen molar-refractivity contribution >= 4 is 29.8 Å². The van der Waals surface area contributed by atoms with E-state index < -0.39 is 53.6 Å². The normalized spacial score (nSPS) is 21.3. The molecule has 0 bridgehead atoms. The highest BCUT2D eigenvalue weighted by atomic mass is 16.4. The number of carboxylic acid groups (broad SMARTS) is 4. The van der Waals surface area contributed by atoms with Crippen LogP contribution >= 0.6 is 0 Å². The first kappa shape index (κ1) is 18.4. The van der Waals surface area contributed by atoms with Crippen molar-refractivity contribution in [3.8, 4) is 0 Å². The molecular formula is C13H17NO9. The smallest absolute Gasteiger partial charge is 0.320 e. The number of carboxylic acids is 4. The van der Waals surface area contributed by atoms with Crippen molar-refractivity contribution in [3.05, 3.63) is 0 Å². The van der Waals surface area contributed by atoms with Gasteiger partial charge in [0.1, 0.15) is 0 Å². The van der Waals surface area contributed by atoms with Gasteiger partial charge in [-0.3, -0.25) is 24.0 Å². The number of hydrogen-bond acceptors (Lipinski definition) is 5. The van der Waals surface area contributed by atoms with Crippen LogP contribution in [-0.4, -0.2) is 67.7 Å². The summed E-state index contributed by atoms with van der Waals surface area (Å²) in [6.07, 6.45) is 0.249. The maximum absolute atomic E-state index is 11.7. The molecule has 1 heterocycles. The molecule has 0 aromatic heterocycles. The van der Waals surface area contributed by atoms with Gasteiger partial charge in [0.2, 0.25) is 5.91 Å². The summed E-state index contributed by atoms with van der Waals surface area (Å²) < 4.78 is 0. The number of carbonyl (C=O) groups is 5. The zero-order chi connectivity index (χ0) is 17.9. The Morgan fingerprint density at radius 2 is 1.30 bits per heavy atom. The minimum absolute atomic E-state index is 0.00519. The molecule has 1 amide bonds. The first-order valence-electron chi connectivity index (χ1n) is 6.78. The van der Waals surface area contributed by atoms with Crippen molar-refractivity contribution in [2.24, 2.45) is 17.8 Å². The van der Waals surface area contributed by atoms with E-state index >= 15 is 0 Å². The van der Waals surface area contributed by atoms with E-state index in [1.165, 1.54) is 0 Å². The van der Waals surface area contributed by atoms with E-state index in [2.05, 4.69) is 0 Å². The second kappa shape index (κ2) is 7.07. The summed E-state index contributed by atoms with van der Waals surface area (Å²) in [4.78, 5) is 57.8. The Labute approximate surface area is 130 Å². The predicted molar refractivity (Wildman–Crippen MR) is 71.4 cm³/mol. The summed E-state index contributed by atoms with van der Waals surface area (Å²) in [5.41, 5.74) is 0. The topological polar surface area (TPSA) is 170 Å². The molecule has 0 radical (unpaired) electrons. The van der Waals surface area contributed by atoms with Gasteiger partial charge in [-0.1, -0.05) is 0 Å². The molecule has 1 saturated heterocycles. The molecule has 128 valence electrons. The first-order chi connectivity index (χ1) is 10.6. The standard InChI is InChI=1S/C13H17NO9/c1-5(15)14-4-2-3-6(7(10(16)17)11(18)19)9(14)8(12(20)21)13(22)23/h6-9H,2-4H2,1H3,(H,16,17)(H,18,19)(H,20,21)(H,22,23). The molecule has 4 N–H and O–H groups in total. The van der Waals surface area contributed by atoms with Crippen molar-refractivity contribution in [3.63, 3.8) is 0 Å². The number of nitrogens with zero attached hydrogens (tertiary/aromatic N) is 1. The fourth-order valence-electron chi connectivity index (χ4n) is 3.08. The van der Waals surface area contributed by atoms with Crippen LogP contribution in [0.5, 0.6) is 0 Å². The molecule has 0 spiro atoms. The van der Waals surface area contributed by atoms with Gasteiger partial charge in [0.05, 0.1) is 6.04 Å². The number of piperidine rings is 1. The molecule has 1 rings (SSSR count). The summed E-state index contributed by atoms with van der Waals surface area (Å²) in [6, 6.07) is -1.55. The Morgan fingerprint density at radius 3 is 1.65 bits per heavy atom. The number of rotatable bonds is 6. The lowest BCUT2D eigenvalue weighted by Gasteiger charge is -2.43. The van der Waals surface area contributed by atoms with Crippen LogP contribution in [0.15, 0.2) is 0 Å². The molecule has 1 aliphatic heterocycles. The van der Waals surface area contributed by atoms with Crippen molar-refractivity contribution in [2.75, 3.05) is 6.54 Å². The molecule has 2 atom stereocenters. The Bertz CT molecular complexity index is 516. The van der Waals surface area contributed by atoms with E-state index in [0.717, 1.165) is 11.8 Å². The second-order valence-electron chi connectivity index (χ2n) is 5.32. The second-order valence-corrected chi connectivity index (χ2v) is 5.32. The van der Waals surface area contributed by atoms with Crippen molar-refractivity contribution < 1.29 is 44.4 Å². The summed E-state index contributed by atoms with van der Waals surface area (Å²) in [5.74, 6) is -13.0. The molecule has 0 aromatic carbocycles. The largest absolute Gasteiger partial charge is 0.481 e. The molecule has 2 unspecified atom stereocenters. The molecular weight excluding hydrogens is 314 g/mol. The molecule has 0 aliphatic carbocycles. The first-order valence-corrected chi connectivity index (χ1v) is 6.78. The van der Waals surface area contributed by atoms with Crippen LogP contribution in [0.25, 0.3) is 0 Å². The monoisotopic (exact) mass is 331 g/mol. The lowest BCUT2D eigenvalue weighted by Crippen LogP contribution is -2.58. The number of aliphatic carboxylic acids is 4. The Balaban J connectivity index is 3.42. The molecule has 10 heteroatoms. The van der Waals surface area contributed by atoms with Gasteiger partial charge in [-0.25, -0.2) is 0 Å². The quantitative estimate of drug-likeness (QED) is 0.454. The van der Waals surface area contributed by atoms with Gasteiger partial charge in [0.25, 0.3) is 0 Å². The van der Waals surface area contributed by atoms with Crippen molar-refractivity contribution in [1.29, 1.82) is 0 Å². The Kier molecular flexibility index (Phi) is 5.66. The maximum Gasteiger partial charge on any atom is 0.320 e. The van der Waals surface area contributed by atoms with Crippen LogP contribution in [0.4, 0.5) is 0 Å². The molecule has 10 nitrogen and oxygen atoms in total. The highest BCUT2D eigenvalue weighted by Crippen LogP contribution is 2.35. The van der Waals surface area contributed by atoms with E-state index in [1.54, 1.807) is 0 Å². The predicted octanol–water partition coefficient (Wildman–Crippen LogP) is -0.816. The third kappa shape index (κ3) is 3.76. The number of carbonyl (C=O) groups excluding carboxylic acids is 1. The van der Waals surface area contributed by atoms with Crippen molar-refractivity contribution in [1.82, 2.24) is 4.90 Å². The minimum Gasteiger partial charge on any atom is -0.481 e. The molecule has 0 saturated carbocycles. The van der Waals surface area contributed by atoms with Gasteiger partial charge >= 0.3 is 23.9 Å². The Morgan fingerprint density at radius 1 is 0.870 bits per heavy atom. The van der Waals surface area contributed by atoms with Crippen LogP contribution in [0.2, 0.25) is 0 Å².